The topological polar surface area (TPSA) is 59.6 Å². The Bertz CT molecular complexity index is 199. The Morgan fingerprint density at radius 2 is 2.27 bits per heavy atom. The van der Waals surface area contributed by atoms with Gasteiger partial charge in [0.25, 0.3) is 0 Å². The van der Waals surface area contributed by atoms with E-state index in [0.717, 1.165) is 19.5 Å². The van der Waals surface area contributed by atoms with Gasteiger partial charge in [-0.3, -0.25) is 4.79 Å². The lowest BCUT2D eigenvalue weighted by atomic mass is 10.2. The molecule has 15 heavy (non-hydrogen) atoms. The monoisotopic (exact) mass is 216 g/mol. The van der Waals surface area contributed by atoms with Crippen molar-refractivity contribution in [2.45, 2.75) is 25.0 Å². The molecule has 2 atom stereocenters. The minimum atomic E-state index is 0.0720. The van der Waals surface area contributed by atoms with Crippen molar-refractivity contribution < 1.29 is 14.3 Å². The lowest BCUT2D eigenvalue weighted by Crippen LogP contribution is -2.43. The highest BCUT2D eigenvalue weighted by atomic mass is 16.5. The van der Waals surface area contributed by atoms with Crippen molar-refractivity contribution in [1.29, 1.82) is 0 Å². The van der Waals surface area contributed by atoms with E-state index in [1.54, 1.807) is 14.2 Å². The first-order valence-electron chi connectivity index (χ1n) is 5.29. The van der Waals surface area contributed by atoms with Crippen LogP contribution in [-0.2, 0) is 14.3 Å². The third-order valence-corrected chi connectivity index (χ3v) is 2.56. The first-order chi connectivity index (χ1) is 7.27. The Hall–Kier alpha value is -0.650. The predicted octanol–water partition coefficient (Wildman–Crippen LogP) is -0.484. The van der Waals surface area contributed by atoms with Crippen LogP contribution >= 0.6 is 0 Å². The van der Waals surface area contributed by atoms with Gasteiger partial charge in [-0.2, -0.15) is 0 Å². The van der Waals surface area contributed by atoms with Crippen LogP contribution in [0.2, 0.25) is 0 Å². The maximum absolute atomic E-state index is 11.5. The van der Waals surface area contributed by atoms with Gasteiger partial charge in [0, 0.05) is 40.3 Å². The van der Waals surface area contributed by atoms with Gasteiger partial charge in [0.15, 0.2) is 0 Å². The Balaban J connectivity index is 2.19. The van der Waals surface area contributed by atoms with Crippen LogP contribution in [0.1, 0.15) is 12.8 Å². The summed E-state index contributed by atoms with van der Waals surface area (Å²) in [6, 6.07) is 0.102. The number of hydrogen-bond donors (Lipinski definition) is 2. The van der Waals surface area contributed by atoms with Gasteiger partial charge in [-0.1, -0.05) is 0 Å². The molecule has 2 N–H and O–H groups in total. The van der Waals surface area contributed by atoms with Crippen LogP contribution in [0.25, 0.3) is 0 Å². The number of ether oxygens (including phenoxy) is 2. The first-order valence-corrected chi connectivity index (χ1v) is 5.29. The molecule has 0 bridgehead atoms. The quantitative estimate of drug-likeness (QED) is 0.589. The number of amides is 1. The maximum atomic E-state index is 11.5. The molecule has 1 unspecified atom stereocenters. The first kappa shape index (κ1) is 12.4. The van der Waals surface area contributed by atoms with E-state index < -0.39 is 0 Å². The van der Waals surface area contributed by atoms with Crippen LogP contribution in [0.3, 0.4) is 0 Å². The SMILES string of the molecule is COCCCC(=O)NC1CNC[C@@H]1OC. The zero-order chi connectivity index (χ0) is 11.1. The summed E-state index contributed by atoms with van der Waals surface area (Å²) in [6.45, 7) is 2.22. The normalized spacial score (nSPS) is 25.5. The van der Waals surface area contributed by atoms with Gasteiger partial charge in [0.2, 0.25) is 5.91 Å². The molecule has 0 radical (unpaired) electrons. The molecule has 0 aromatic carbocycles. The molecule has 1 aliphatic rings. The van der Waals surface area contributed by atoms with E-state index in [4.69, 9.17) is 9.47 Å². The van der Waals surface area contributed by atoms with Gasteiger partial charge in [-0.15, -0.1) is 0 Å². The van der Waals surface area contributed by atoms with E-state index in [-0.39, 0.29) is 18.1 Å². The van der Waals surface area contributed by atoms with Gasteiger partial charge >= 0.3 is 0 Å². The summed E-state index contributed by atoms with van der Waals surface area (Å²) in [7, 11) is 3.31. The van der Waals surface area contributed by atoms with E-state index in [9.17, 15) is 4.79 Å². The minimum absolute atomic E-state index is 0.0720. The van der Waals surface area contributed by atoms with Crippen molar-refractivity contribution in [3.05, 3.63) is 0 Å². The van der Waals surface area contributed by atoms with Crippen molar-refractivity contribution in [2.24, 2.45) is 0 Å². The van der Waals surface area contributed by atoms with E-state index in [1.807, 2.05) is 0 Å². The molecule has 0 saturated carbocycles. The zero-order valence-corrected chi connectivity index (χ0v) is 9.41. The average molecular weight is 216 g/mol. The lowest BCUT2D eigenvalue weighted by Gasteiger charge is -2.18. The fraction of sp³-hybridized carbons (Fsp3) is 0.900. The molecule has 0 aliphatic carbocycles. The van der Waals surface area contributed by atoms with Gasteiger partial charge in [-0.05, 0) is 6.42 Å². The molecule has 5 heteroatoms. The number of methoxy groups -OCH3 is 2. The second kappa shape index (κ2) is 6.76. The van der Waals surface area contributed by atoms with Crippen molar-refractivity contribution >= 4 is 5.91 Å². The van der Waals surface area contributed by atoms with Crippen LogP contribution in [0.4, 0.5) is 0 Å². The highest BCUT2D eigenvalue weighted by Crippen LogP contribution is 2.04. The summed E-state index contributed by atoms with van der Waals surface area (Å²) in [5.74, 6) is 0.0720. The molecule has 1 rings (SSSR count). The summed E-state index contributed by atoms with van der Waals surface area (Å²) in [5, 5.41) is 6.14. The van der Waals surface area contributed by atoms with Crippen LogP contribution in [-0.4, -0.2) is 52.0 Å². The summed E-state index contributed by atoms with van der Waals surface area (Å²) >= 11 is 0. The Labute approximate surface area is 90.5 Å². The van der Waals surface area contributed by atoms with Crippen molar-refractivity contribution in [2.75, 3.05) is 33.9 Å². The number of hydrogen-bond acceptors (Lipinski definition) is 4. The molecule has 1 heterocycles. The van der Waals surface area contributed by atoms with Crippen molar-refractivity contribution in [1.82, 2.24) is 10.6 Å². The van der Waals surface area contributed by atoms with Crippen LogP contribution in [0, 0.1) is 0 Å². The Morgan fingerprint density at radius 1 is 1.47 bits per heavy atom. The van der Waals surface area contributed by atoms with Gasteiger partial charge < -0.3 is 20.1 Å². The fourth-order valence-electron chi connectivity index (χ4n) is 1.70. The predicted molar refractivity (Wildman–Crippen MR) is 56.7 cm³/mol. The molecule has 0 aromatic heterocycles. The fourth-order valence-corrected chi connectivity index (χ4v) is 1.70. The number of carbonyl (C=O) groups is 1. The van der Waals surface area contributed by atoms with Crippen LogP contribution in [0.5, 0.6) is 0 Å². The number of rotatable bonds is 6. The summed E-state index contributed by atoms with van der Waals surface area (Å²) in [6.07, 6.45) is 1.37. The van der Waals surface area contributed by atoms with Crippen LogP contribution in [0.15, 0.2) is 0 Å². The highest BCUT2D eigenvalue weighted by Gasteiger charge is 2.27. The number of carbonyl (C=O) groups excluding carboxylic acids is 1. The van der Waals surface area contributed by atoms with Crippen LogP contribution < -0.4 is 10.6 Å². The molecule has 1 fully saturated rings. The molecular formula is C10H20N2O3. The average Bonchev–Trinajstić information content (AvgIpc) is 2.65. The maximum Gasteiger partial charge on any atom is 0.220 e. The summed E-state index contributed by atoms with van der Waals surface area (Å²) in [5.41, 5.74) is 0. The second-order valence-corrected chi connectivity index (χ2v) is 3.70. The smallest absolute Gasteiger partial charge is 0.220 e. The molecule has 88 valence electrons. The second-order valence-electron chi connectivity index (χ2n) is 3.70. The third-order valence-electron chi connectivity index (χ3n) is 2.56. The molecule has 1 saturated heterocycles. The minimum Gasteiger partial charge on any atom is -0.385 e. The molecule has 0 aromatic rings. The van der Waals surface area contributed by atoms with Gasteiger partial charge in [0.1, 0.15) is 0 Å². The van der Waals surface area contributed by atoms with E-state index in [1.165, 1.54) is 0 Å². The molecule has 1 aliphatic heterocycles. The van der Waals surface area contributed by atoms with Gasteiger partial charge in [0.05, 0.1) is 12.1 Å². The van der Waals surface area contributed by atoms with Crippen molar-refractivity contribution in [3.8, 4) is 0 Å². The van der Waals surface area contributed by atoms with E-state index in [2.05, 4.69) is 10.6 Å². The molecule has 1 amide bonds. The Kier molecular flexibility index (Phi) is 5.60. The lowest BCUT2D eigenvalue weighted by molar-refractivity contribution is -0.122. The third kappa shape index (κ3) is 4.15. The molecular weight excluding hydrogens is 196 g/mol. The molecule has 5 nitrogen and oxygen atoms in total. The Morgan fingerprint density at radius 3 is 2.93 bits per heavy atom. The van der Waals surface area contributed by atoms with E-state index >= 15 is 0 Å². The van der Waals surface area contributed by atoms with Gasteiger partial charge in [-0.25, -0.2) is 0 Å². The summed E-state index contributed by atoms with van der Waals surface area (Å²) < 4.78 is 10.1. The number of nitrogens with one attached hydrogen (secondary N) is 2. The molecule has 0 spiro atoms. The zero-order valence-electron chi connectivity index (χ0n) is 9.41. The largest absolute Gasteiger partial charge is 0.385 e. The van der Waals surface area contributed by atoms with E-state index in [0.29, 0.717) is 13.0 Å². The van der Waals surface area contributed by atoms with Crippen molar-refractivity contribution in [3.63, 3.8) is 0 Å². The highest BCUT2D eigenvalue weighted by molar-refractivity contribution is 5.76. The summed E-state index contributed by atoms with van der Waals surface area (Å²) in [4.78, 5) is 11.5. The standard InChI is InChI=1S/C10H20N2O3/c1-14-5-3-4-10(13)12-8-6-11-7-9(8)15-2/h8-9,11H,3-7H2,1-2H3,(H,12,13)/t8?,9-/m0/s1.